The summed E-state index contributed by atoms with van der Waals surface area (Å²) in [4.78, 5) is 25.2. The van der Waals surface area contributed by atoms with Gasteiger partial charge in [-0.3, -0.25) is 4.79 Å². The lowest BCUT2D eigenvalue weighted by atomic mass is 9.97. The van der Waals surface area contributed by atoms with Crippen molar-refractivity contribution in [3.63, 3.8) is 0 Å². The number of fused-ring (bicyclic) bond motifs is 1. The van der Waals surface area contributed by atoms with E-state index in [0.29, 0.717) is 31.7 Å². The molecule has 26 heavy (non-hydrogen) atoms. The van der Waals surface area contributed by atoms with Gasteiger partial charge in [0.2, 0.25) is 0 Å². The van der Waals surface area contributed by atoms with Crippen molar-refractivity contribution in [1.82, 2.24) is 0 Å². The third-order valence-corrected chi connectivity index (χ3v) is 5.09. The molecule has 1 aliphatic rings. The van der Waals surface area contributed by atoms with Crippen molar-refractivity contribution in [3.05, 3.63) is 39.7 Å². The van der Waals surface area contributed by atoms with Crippen LogP contribution in [0.25, 0.3) is 11.0 Å². The van der Waals surface area contributed by atoms with Crippen molar-refractivity contribution >= 4 is 16.9 Å². The number of ether oxygens (including phenoxy) is 1. The van der Waals surface area contributed by atoms with E-state index in [1.54, 1.807) is 0 Å². The second kappa shape index (κ2) is 7.91. The molecule has 6 nitrogen and oxygen atoms in total. The summed E-state index contributed by atoms with van der Waals surface area (Å²) in [5, 5.41) is 10.9. The van der Waals surface area contributed by atoms with Gasteiger partial charge in [-0.15, -0.1) is 0 Å². The molecular weight excluding hydrogens is 334 g/mol. The van der Waals surface area contributed by atoms with Gasteiger partial charge < -0.3 is 19.2 Å². The predicted molar refractivity (Wildman–Crippen MR) is 97.3 cm³/mol. The van der Waals surface area contributed by atoms with Crippen molar-refractivity contribution < 1.29 is 24.0 Å². The van der Waals surface area contributed by atoms with Crippen LogP contribution in [0, 0.1) is 5.92 Å². The van der Waals surface area contributed by atoms with Gasteiger partial charge in [-0.05, 0) is 37.8 Å². The van der Waals surface area contributed by atoms with Gasteiger partial charge in [-0.2, -0.15) is 0 Å². The maximum Gasteiger partial charge on any atom is 0.336 e. The number of carbonyl (C=O) groups excluding carboxylic acids is 1. The monoisotopic (exact) mass is 360 g/mol. The minimum absolute atomic E-state index is 0.0830. The number of hydrogen-bond acceptors (Lipinski definition) is 5. The largest absolute Gasteiger partial charge is 0.508 e. The van der Waals surface area contributed by atoms with E-state index in [9.17, 15) is 14.7 Å². The van der Waals surface area contributed by atoms with E-state index in [4.69, 9.17) is 9.15 Å². The molecule has 1 saturated heterocycles. The van der Waals surface area contributed by atoms with Crippen molar-refractivity contribution in [2.24, 2.45) is 5.92 Å². The van der Waals surface area contributed by atoms with Crippen LogP contribution in [0.3, 0.4) is 0 Å². The number of carbonyl (C=O) groups is 1. The van der Waals surface area contributed by atoms with Gasteiger partial charge in [0.05, 0.1) is 19.7 Å². The molecule has 1 aliphatic heterocycles. The SMILES string of the molecule is CCOC(=O)[C@H]1CCC[NH+](Cc2cc(=O)oc3cc(O)c(CC)cc23)C1. The maximum absolute atomic E-state index is 12.1. The van der Waals surface area contributed by atoms with Gasteiger partial charge in [-0.25, -0.2) is 4.79 Å². The Hall–Kier alpha value is -2.34. The lowest BCUT2D eigenvalue weighted by Crippen LogP contribution is -3.12. The highest BCUT2D eigenvalue weighted by Crippen LogP contribution is 2.26. The first-order valence-corrected chi connectivity index (χ1v) is 9.30. The number of phenolic OH excluding ortho intramolecular Hbond substituents is 1. The number of aromatic hydroxyl groups is 1. The molecule has 140 valence electrons. The molecule has 1 aromatic carbocycles. The molecular formula is C20H26NO5+. The highest BCUT2D eigenvalue weighted by molar-refractivity contribution is 5.82. The zero-order chi connectivity index (χ0) is 18.7. The smallest absolute Gasteiger partial charge is 0.336 e. The molecule has 1 fully saturated rings. The van der Waals surface area contributed by atoms with Crippen molar-refractivity contribution in [2.45, 2.75) is 39.7 Å². The summed E-state index contributed by atoms with van der Waals surface area (Å²) in [6.07, 6.45) is 2.51. The Balaban J connectivity index is 1.88. The molecule has 0 aliphatic carbocycles. The van der Waals surface area contributed by atoms with Crippen molar-refractivity contribution in [2.75, 3.05) is 19.7 Å². The molecule has 1 unspecified atom stereocenters. The van der Waals surface area contributed by atoms with Crippen LogP contribution < -0.4 is 10.5 Å². The molecule has 2 heterocycles. The van der Waals surface area contributed by atoms with Gasteiger partial charge in [0.1, 0.15) is 23.8 Å². The standard InChI is InChI=1S/C20H25NO5/c1-3-13-8-16-15(9-19(23)26-18(16)10-17(13)22)12-21-7-5-6-14(11-21)20(24)25-4-2/h8-10,14,22H,3-7,11-12H2,1-2H3/p+1/t14-/m0/s1. The highest BCUT2D eigenvalue weighted by atomic mass is 16.5. The van der Waals surface area contributed by atoms with E-state index in [0.717, 1.165) is 35.9 Å². The van der Waals surface area contributed by atoms with Gasteiger partial charge in [0, 0.05) is 23.1 Å². The number of rotatable bonds is 5. The first kappa shape index (κ1) is 18.5. The van der Waals surface area contributed by atoms with Crippen molar-refractivity contribution in [1.29, 1.82) is 0 Å². The van der Waals surface area contributed by atoms with E-state index in [1.807, 2.05) is 19.9 Å². The van der Waals surface area contributed by atoms with Gasteiger partial charge in [0.15, 0.2) is 0 Å². The van der Waals surface area contributed by atoms with Crippen LogP contribution in [0.2, 0.25) is 0 Å². The first-order valence-electron chi connectivity index (χ1n) is 9.30. The number of likely N-dealkylation sites (tertiary alicyclic amines) is 1. The van der Waals surface area contributed by atoms with E-state index < -0.39 is 5.63 Å². The Morgan fingerprint density at radius 1 is 1.31 bits per heavy atom. The molecule has 0 bridgehead atoms. The molecule has 0 spiro atoms. The number of piperidine rings is 1. The van der Waals surface area contributed by atoms with E-state index in [2.05, 4.69) is 0 Å². The molecule has 2 N–H and O–H groups in total. The van der Waals surface area contributed by atoms with Gasteiger partial charge in [0.25, 0.3) is 0 Å². The number of aryl methyl sites for hydroxylation is 1. The normalized spacial score (nSPS) is 20.2. The topological polar surface area (TPSA) is 81.2 Å². The van der Waals surface area contributed by atoms with E-state index in [-0.39, 0.29) is 17.6 Å². The predicted octanol–water partition coefficient (Wildman–Crippen LogP) is 1.42. The summed E-state index contributed by atoms with van der Waals surface area (Å²) in [5.74, 6) is -0.0614. The van der Waals surface area contributed by atoms with Crippen LogP contribution in [0.15, 0.2) is 27.4 Å². The number of quaternary nitrogens is 1. The maximum atomic E-state index is 12.1. The summed E-state index contributed by atoms with van der Waals surface area (Å²) in [5.41, 5.74) is 1.70. The van der Waals surface area contributed by atoms with Gasteiger partial charge in [-0.1, -0.05) is 6.92 Å². The van der Waals surface area contributed by atoms with Crippen LogP contribution in [0.1, 0.15) is 37.8 Å². The van der Waals surface area contributed by atoms with Crippen molar-refractivity contribution in [3.8, 4) is 5.75 Å². The number of hydrogen-bond donors (Lipinski definition) is 2. The minimum Gasteiger partial charge on any atom is -0.508 e. The Kier molecular flexibility index (Phi) is 5.61. The second-order valence-corrected chi connectivity index (χ2v) is 6.89. The molecule has 1 aromatic heterocycles. The first-order chi connectivity index (χ1) is 12.5. The number of phenols is 1. The Morgan fingerprint density at radius 2 is 2.12 bits per heavy atom. The fraction of sp³-hybridized carbons (Fsp3) is 0.500. The quantitative estimate of drug-likeness (QED) is 0.623. The zero-order valence-corrected chi connectivity index (χ0v) is 15.3. The summed E-state index contributed by atoms with van der Waals surface area (Å²) in [6, 6.07) is 4.95. The molecule has 2 aromatic rings. The molecule has 3 rings (SSSR count). The third-order valence-electron chi connectivity index (χ3n) is 5.09. The van der Waals surface area contributed by atoms with Crippen LogP contribution in [-0.2, 0) is 22.5 Å². The van der Waals surface area contributed by atoms with Crippen LogP contribution in [0.4, 0.5) is 0 Å². The van der Waals surface area contributed by atoms with Crippen LogP contribution >= 0.6 is 0 Å². The summed E-state index contributed by atoms with van der Waals surface area (Å²) < 4.78 is 10.4. The molecule has 0 saturated carbocycles. The average molecular weight is 360 g/mol. The number of esters is 1. The van der Waals surface area contributed by atoms with E-state index >= 15 is 0 Å². The summed E-state index contributed by atoms with van der Waals surface area (Å²) in [6.45, 7) is 6.50. The Labute approximate surface area is 152 Å². The summed E-state index contributed by atoms with van der Waals surface area (Å²) in [7, 11) is 0. The zero-order valence-electron chi connectivity index (χ0n) is 15.3. The lowest BCUT2D eigenvalue weighted by molar-refractivity contribution is -0.921. The summed E-state index contributed by atoms with van der Waals surface area (Å²) >= 11 is 0. The molecule has 2 atom stereocenters. The second-order valence-electron chi connectivity index (χ2n) is 6.89. The molecule has 0 radical (unpaired) electrons. The molecule has 6 heteroatoms. The Bertz CT molecular complexity index is 857. The Morgan fingerprint density at radius 3 is 2.85 bits per heavy atom. The lowest BCUT2D eigenvalue weighted by Gasteiger charge is -2.28. The van der Waals surface area contributed by atoms with Crippen LogP contribution in [-0.4, -0.2) is 30.8 Å². The average Bonchev–Trinajstić information content (AvgIpc) is 2.61. The highest BCUT2D eigenvalue weighted by Gasteiger charge is 2.30. The number of nitrogens with one attached hydrogen (secondary N) is 1. The van der Waals surface area contributed by atoms with Crippen LogP contribution in [0.5, 0.6) is 5.75 Å². The third kappa shape index (κ3) is 3.90. The fourth-order valence-electron chi connectivity index (χ4n) is 3.78. The molecule has 0 amide bonds. The van der Waals surface area contributed by atoms with E-state index in [1.165, 1.54) is 17.0 Å². The number of benzene rings is 1. The van der Waals surface area contributed by atoms with Gasteiger partial charge >= 0.3 is 11.6 Å². The minimum atomic E-state index is -0.422. The fourth-order valence-corrected chi connectivity index (χ4v) is 3.78.